The molecule has 1 aromatic carbocycles. The summed E-state index contributed by atoms with van der Waals surface area (Å²) in [7, 11) is 0. The summed E-state index contributed by atoms with van der Waals surface area (Å²) < 4.78 is 5.49. The lowest BCUT2D eigenvalue weighted by Crippen LogP contribution is -2.26. The number of rotatable bonds is 5. The van der Waals surface area contributed by atoms with Crippen LogP contribution in [-0.2, 0) is 4.79 Å². The molecule has 0 bridgehead atoms. The van der Waals surface area contributed by atoms with Crippen molar-refractivity contribution in [3.05, 3.63) is 29.3 Å². The first kappa shape index (κ1) is 14.8. The fraction of sp³-hybridized carbons (Fsp3) is 0.500. The van der Waals surface area contributed by atoms with Crippen LogP contribution in [0.3, 0.4) is 0 Å². The molecule has 0 aliphatic rings. The molecule has 4 heteroatoms. The fourth-order valence-electron chi connectivity index (χ4n) is 1.71. The van der Waals surface area contributed by atoms with Gasteiger partial charge in [0.05, 0.1) is 5.92 Å². The fourth-order valence-corrected chi connectivity index (χ4v) is 1.89. The van der Waals surface area contributed by atoms with Crippen molar-refractivity contribution in [2.75, 3.05) is 6.61 Å². The Morgan fingerprint density at radius 2 is 2.11 bits per heavy atom. The summed E-state index contributed by atoms with van der Waals surface area (Å²) in [6.45, 7) is 6.21. The molecule has 100 valence electrons. The molecule has 0 fully saturated rings. The van der Waals surface area contributed by atoms with E-state index in [1.165, 1.54) is 0 Å². The summed E-state index contributed by atoms with van der Waals surface area (Å²) in [6, 6.07) is 6.97. The van der Waals surface area contributed by atoms with E-state index in [4.69, 9.17) is 21.4 Å². The normalized spacial score (nSPS) is 13.1. The van der Waals surface area contributed by atoms with Gasteiger partial charge in [0.25, 0.3) is 0 Å². The van der Waals surface area contributed by atoms with Crippen LogP contribution in [0.1, 0.15) is 27.2 Å². The Kier molecular flexibility index (Phi) is 5.03. The molecule has 0 aliphatic heterocycles. The van der Waals surface area contributed by atoms with Crippen LogP contribution in [0.25, 0.3) is 0 Å². The Morgan fingerprint density at radius 1 is 1.44 bits per heavy atom. The van der Waals surface area contributed by atoms with E-state index in [9.17, 15) is 4.79 Å². The van der Waals surface area contributed by atoms with Gasteiger partial charge in [-0.2, -0.15) is 0 Å². The first-order valence-electron chi connectivity index (χ1n) is 5.89. The van der Waals surface area contributed by atoms with Crippen LogP contribution in [0.4, 0.5) is 0 Å². The highest BCUT2D eigenvalue weighted by Crippen LogP contribution is 2.26. The molecule has 3 nitrogen and oxygen atoms in total. The van der Waals surface area contributed by atoms with E-state index in [0.29, 0.717) is 17.2 Å². The SMILES string of the molecule is CC(C)(C)CC(COc1cccc(Cl)c1)C(=O)O. The van der Waals surface area contributed by atoms with Crippen LogP contribution in [0.15, 0.2) is 24.3 Å². The largest absolute Gasteiger partial charge is 0.493 e. The van der Waals surface area contributed by atoms with Gasteiger partial charge in [-0.15, -0.1) is 0 Å². The lowest BCUT2D eigenvalue weighted by molar-refractivity contribution is -0.143. The van der Waals surface area contributed by atoms with Crippen molar-refractivity contribution < 1.29 is 14.6 Å². The van der Waals surface area contributed by atoms with Crippen LogP contribution >= 0.6 is 11.6 Å². The third kappa shape index (κ3) is 5.41. The van der Waals surface area contributed by atoms with E-state index in [-0.39, 0.29) is 12.0 Å². The monoisotopic (exact) mass is 270 g/mol. The highest BCUT2D eigenvalue weighted by molar-refractivity contribution is 6.30. The van der Waals surface area contributed by atoms with E-state index in [0.717, 1.165) is 0 Å². The zero-order valence-corrected chi connectivity index (χ0v) is 11.7. The summed E-state index contributed by atoms with van der Waals surface area (Å²) >= 11 is 5.83. The van der Waals surface area contributed by atoms with Crippen molar-refractivity contribution in [3.63, 3.8) is 0 Å². The molecule has 1 N–H and O–H groups in total. The molecule has 0 amide bonds. The van der Waals surface area contributed by atoms with Crippen LogP contribution in [0, 0.1) is 11.3 Å². The molecule has 18 heavy (non-hydrogen) atoms. The Bertz CT molecular complexity index is 410. The highest BCUT2D eigenvalue weighted by atomic mass is 35.5. The van der Waals surface area contributed by atoms with Gasteiger partial charge in [-0.25, -0.2) is 0 Å². The molecule has 1 atom stereocenters. The Hall–Kier alpha value is -1.22. The van der Waals surface area contributed by atoms with Crippen LogP contribution in [0.5, 0.6) is 5.75 Å². The molecule has 0 aliphatic carbocycles. The predicted octanol–water partition coefficient (Wildman–Crippen LogP) is 3.86. The summed E-state index contributed by atoms with van der Waals surface area (Å²) in [6.07, 6.45) is 0.572. The quantitative estimate of drug-likeness (QED) is 0.884. The van der Waals surface area contributed by atoms with Gasteiger partial charge < -0.3 is 9.84 Å². The molecular weight excluding hydrogens is 252 g/mol. The zero-order chi connectivity index (χ0) is 13.8. The van der Waals surface area contributed by atoms with Gasteiger partial charge in [0, 0.05) is 5.02 Å². The van der Waals surface area contributed by atoms with Crippen molar-refractivity contribution in [1.82, 2.24) is 0 Å². The standard InChI is InChI=1S/C14H19ClO3/c1-14(2,3)8-10(13(16)17)9-18-12-6-4-5-11(15)7-12/h4-7,10H,8-9H2,1-3H3,(H,16,17). The number of hydrogen-bond donors (Lipinski definition) is 1. The summed E-state index contributed by atoms with van der Waals surface area (Å²) in [5.41, 5.74) is -0.0409. The summed E-state index contributed by atoms with van der Waals surface area (Å²) in [5, 5.41) is 9.74. The second-order valence-electron chi connectivity index (χ2n) is 5.57. The van der Waals surface area contributed by atoms with E-state index in [1.54, 1.807) is 24.3 Å². The van der Waals surface area contributed by atoms with Crippen molar-refractivity contribution in [3.8, 4) is 5.75 Å². The number of carbonyl (C=O) groups is 1. The molecule has 1 unspecified atom stereocenters. The van der Waals surface area contributed by atoms with Gasteiger partial charge in [0.1, 0.15) is 12.4 Å². The van der Waals surface area contributed by atoms with Crippen LogP contribution in [-0.4, -0.2) is 17.7 Å². The van der Waals surface area contributed by atoms with Crippen molar-refractivity contribution in [2.45, 2.75) is 27.2 Å². The number of ether oxygens (including phenoxy) is 1. The lowest BCUT2D eigenvalue weighted by Gasteiger charge is -2.23. The van der Waals surface area contributed by atoms with E-state index < -0.39 is 11.9 Å². The predicted molar refractivity (Wildman–Crippen MR) is 72.1 cm³/mol. The molecule has 0 spiro atoms. The van der Waals surface area contributed by atoms with Gasteiger partial charge in [0.2, 0.25) is 0 Å². The molecule has 0 radical (unpaired) electrons. The van der Waals surface area contributed by atoms with Crippen LogP contribution in [0.2, 0.25) is 5.02 Å². The van der Waals surface area contributed by atoms with E-state index in [2.05, 4.69) is 0 Å². The first-order valence-corrected chi connectivity index (χ1v) is 6.27. The minimum atomic E-state index is -0.827. The highest BCUT2D eigenvalue weighted by Gasteiger charge is 2.25. The van der Waals surface area contributed by atoms with Gasteiger partial charge in [-0.1, -0.05) is 38.4 Å². The maximum atomic E-state index is 11.2. The number of carboxylic acids is 1. The molecule has 0 saturated heterocycles. The van der Waals surface area contributed by atoms with Gasteiger partial charge in [0.15, 0.2) is 0 Å². The maximum Gasteiger partial charge on any atom is 0.309 e. The average Bonchev–Trinajstić information content (AvgIpc) is 2.22. The topological polar surface area (TPSA) is 46.5 Å². The van der Waals surface area contributed by atoms with Gasteiger partial charge >= 0.3 is 5.97 Å². The number of carboxylic acid groups (broad SMARTS) is 1. The van der Waals surface area contributed by atoms with Crippen molar-refractivity contribution in [1.29, 1.82) is 0 Å². The molecular formula is C14H19ClO3. The lowest BCUT2D eigenvalue weighted by atomic mass is 9.85. The summed E-state index contributed by atoms with van der Waals surface area (Å²) in [4.78, 5) is 11.2. The number of benzene rings is 1. The van der Waals surface area contributed by atoms with Crippen molar-refractivity contribution >= 4 is 17.6 Å². The molecule has 0 aromatic heterocycles. The molecule has 1 aromatic rings. The summed E-state index contributed by atoms with van der Waals surface area (Å²) in [5.74, 6) is -0.737. The van der Waals surface area contributed by atoms with E-state index >= 15 is 0 Å². The first-order chi connectivity index (χ1) is 8.28. The second-order valence-corrected chi connectivity index (χ2v) is 6.00. The molecule has 1 rings (SSSR count). The Morgan fingerprint density at radius 3 is 2.61 bits per heavy atom. The Labute approximate surface area is 113 Å². The van der Waals surface area contributed by atoms with E-state index in [1.807, 2.05) is 20.8 Å². The van der Waals surface area contributed by atoms with Gasteiger partial charge in [-0.3, -0.25) is 4.79 Å². The third-order valence-electron chi connectivity index (χ3n) is 2.46. The van der Waals surface area contributed by atoms with Crippen molar-refractivity contribution in [2.24, 2.45) is 11.3 Å². The maximum absolute atomic E-state index is 11.2. The van der Waals surface area contributed by atoms with Gasteiger partial charge in [-0.05, 0) is 30.0 Å². The minimum Gasteiger partial charge on any atom is -0.493 e. The Balaban J connectivity index is 2.60. The second kappa shape index (κ2) is 6.10. The average molecular weight is 271 g/mol. The minimum absolute atomic E-state index is 0.0409. The number of hydrogen-bond acceptors (Lipinski definition) is 2. The van der Waals surface area contributed by atoms with Crippen LogP contribution < -0.4 is 4.74 Å². The molecule has 0 saturated carbocycles. The molecule has 0 heterocycles. The number of halogens is 1. The zero-order valence-electron chi connectivity index (χ0n) is 10.9. The third-order valence-corrected chi connectivity index (χ3v) is 2.69. The number of aliphatic carboxylic acids is 1. The smallest absolute Gasteiger partial charge is 0.309 e.